The minimum Gasteiger partial charge on any atom is -0.485 e. The number of hydrogen-bond acceptors (Lipinski definition) is 5. The molecule has 0 aromatic heterocycles. The van der Waals surface area contributed by atoms with E-state index in [1.807, 2.05) is 0 Å². The van der Waals surface area contributed by atoms with Crippen LogP contribution in [0.15, 0.2) is 23.2 Å². The Kier molecular flexibility index (Phi) is 3.94. The molecule has 22 heavy (non-hydrogen) atoms. The summed E-state index contributed by atoms with van der Waals surface area (Å²) in [7, 11) is 1.63. The molecule has 3 N–H and O–H groups in total. The molecular formula is C15H17N5O2. The number of aliphatic hydroxyl groups is 1. The summed E-state index contributed by atoms with van der Waals surface area (Å²) in [4.78, 5) is 5.02. The van der Waals surface area contributed by atoms with E-state index in [0.717, 1.165) is 0 Å². The van der Waals surface area contributed by atoms with Gasteiger partial charge in [-0.25, -0.2) is 0 Å². The number of likely N-dealkylation sites (N-methyl/N-ethyl adjacent to an activating group) is 1. The van der Waals surface area contributed by atoms with Crippen LogP contribution in [-0.2, 0) is 0 Å². The van der Waals surface area contributed by atoms with Crippen molar-refractivity contribution in [2.75, 3.05) is 7.05 Å². The number of rotatable bonds is 1. The van der Waals surface area contributed by atoms with Gasteiger partial charge in [0.2, 0.25) is 12.2 Å². The van der Waals surface area contributed by atoms with Crippen molar-refractivity contribution < 1.29 is 9.84 Å². The standard InChI is InChI=1S/C15H17N5O2/c1-15(2)13(21)12(20(3)14(18)19-8-17)10-6-9(7-16)4-5-11(10)22-15/h4-6,12-13,21H,1-3H3,(H2,18,19)/t12-,13+/m0/s1. The predicted octanol–water partition coefficient (Wildman–Crippen LogP) is 0.859. The van der Waals surface area contributed by atoms with Gasteiger partial charge >= 0.3 is 0 Å². The van der Waals surface area contributed by atoms with Gasteiger partial charge < -0.3 is 20.5 Å². The number of nitriles is 2. The van der Waals surface area contributed by atoms with Gasteiger partial charge in [0, 0.05) is 12.6 Å². The third-order valence-corrected chi connectivity index (χ3v) is 3.79. The zero-order chi connectivity index (χ0) is 16.5. The number of aliphatic imine (C=N–C) groups is 1. The molecule has 1 heterocycles. The first-order chi connectivity index (χ1) is 10.3. The molecule has 0 fully saturated rings. The van der Waals surface area contributed by atoms with Crippen LogP contribution in [0.2, 0.25) is 0 Å². The van der Waals surface area contributed by atoms with Gasteiger partial charge in [-0.2, -0.15) is 10.5 Å². The Labute approximate surface area is 128 Å². The van der Waals surface area contributed by atoms with Crippen molar-refractivity contribution in [3.8, 4) is 18.0 Å². The summed E-state index contributed by atoms with van der Waals surface area (Å²) in [6.45, 7) is 3.52. The quantitative estimate of drug-likeness (QED) is 0.451. The number of nitrogens with two attached hydrogens (primary N) is 1. The van der Waals surface area contributed by atoms with E-state index in [2.05, 4.69) is 11.1 Å². The van der Waals surface area contributed by atoms with Gasteiger partial charge in [-0.1, -0.05) is 0 Å². The lowest BCUT2D eigenvalue weighted by Gasteiger charge is -2.45. The van der Waals surface area contributed by atoms with Crippen molar-refractivity contribution in [3.63, 3.8) is 0 Å². The highest BCUT2D eigenvalue weighted by molar-refractivity contribution is 5.79. The molecule has 2 atom stereocenters. The van der Waals surface area contributed by atoms with Crippen LogP contribution in [0.3, 0.4) is 0 Å². The van der Waals surface area contributed by atoms with Gasteiger partial charge in [-0.3, -0.25) is 0 Å². The minimum atomic E-state index is -0.925. The fourth-order valence-corrected chi connectivity index (χ4v) is 2.53. The SMILES string of the molecule is CN(C(N)=NC#N)[C@H]1c2cc(C#N)ccc2OC(C)(C)[C@@H]1O. The molecule has 0 unspecified atom stereocenters. The maximum absolute atomic E-state index is 10.7. The van der Waals surface area contributed by atoms with E-state index in [1.165, 1.54) is 4.90 Å². The molecule has 0 spiro atoms. The maximum Gasteiger partial charge on any atom is 0.209 e. The van der Waals surface area contributed by atoms with Gasteiger partial charge in [-0.15, -0.1) is 4.99 Å². The molecule has 1 aliphatic heterocycles. The lowest BCUT2D eigenvalue weighted by Crippen LogP contribution is -2.54. The number of ether oxygens (including phenoxy) is 1. The molecule has 1 aromatic carbocycles. The average molecular weight is 299 g/mol. The second-order valence-electron chi connectivity index (χ2n) is 5.64. The number of benzene rings is 1. The van der Waals surface area contributed by atoms with Crippen LogP contribution in [-0.4, -0.2) is 34.7 Å². The van der Waals surface area contributed by atoms with Gasteiger partial charge in [0.1, 0.15) is 17.5 Å². The normalized spacial score (nSPS) is 22.7. The number of guanidine groups is 1. The summed E-state index contributed by atoms with van der Waals surface area (Å²) < 4.78 is 5.82. The van der Waals surface area contributed by atoms with Crippen molar-refractivity contribution in [3.05, 3.63) is 29.3 Å². The second-order valence-corrected chi connectivity index (χ2v) is 5.64. The molecule has 114 valence electrons. The summed E-state index contributed by atoms with van der Waals surface area (Å²) in [5.41, 5.74) is 6.00. The molecule has 0 saturated heterocycles. The van der Waals surface area contributed by atoms with Crippen LogP contribution in [0, 0.1) is 22.8 Å². The zero-order valence-corrected chi connectivity index (χ0v) is 12.6. The van der Waals surface area contributed by atoms with Crippen molar-refractivity contribution in [2.24, 2.45) is 10.7 Å². The predicted molar refractivity (Wildman–Crippen MR) is 79.6 cm³/mol. The molecule has 0 saturated carbocycles. The molecule has 2 rings (SSSR count). The van der Waals surface area contributed by atoms with E-state index in [0.29, 0.717) is 16.9 Å². The number of aliphatic hydroxyl groups excluding tert-OH is 1. The summed E-state index contributed by atoms with van der Waals surface area (Å²) >= 11 is 0. The van der Waals surface area contributed by atoms with E-state index in [9.17, 15) is 5.11 Å². The Morgan fingerprint density at radius 2 is 2.14 bits per heavy atom. The number of nitrogens with zero attached hydrogens (tertiary/aromatic N) is 4. The zero-order valence-electron chi connectivity index (χ0n) is 12.6. The van der Waals surface area contributed by atoms with Gasteiger partial charge in [-0.05, 0) is 32.0 Å². The third-order valence-electron chi connectivity index (χ3n) is 3.79. The molecule has 0 bridgehead atoms. The van der Waals surface area contributed by atoms with Crippen molar-refractivity contribution in [1.82, 2.24) is 4.90 Å². The largest absolute Gasteiger partial charge is 0.485 e. The molecule has 1 aliphatic rings. The molecule has 0 amide bonds. The monoisotopic (exact) mass is 299 g/mol. The highest BCUT2D eigenvalue weighted by atomic mass is 16.5. The van der Waals surface area contributed by atoms with E-state index in [-0.39, 0.29) is 5.96 Å². The number of hydrogen-bond donors (Lipinski definition) is 2. The average Bonchev–Trinajstić information content (AvgIpc) is 2.47. The van der Waals surface area contributed by atoms with Crippen LogP contribution in [0.25, 0.3) is 0 Å². The Morgan fingerprint density at radius 3 is 2.73 bits per heavy atom. The second kappa shape index (κ2) is 5.55. The van der Waals surface area contributed by atoms with E-state index in [1.54, 1.807) is 45.3 Å². The summed E-state index contributed by atoms with van der Waals surface area (Å²) in [5, 5.41) is 28.4. The fourth-order valence-electron chi connectivity index (χ4n) is 2.53. The van der Waals surface area contributed by atoms with E-state index in [4.69, 9.17) is 21.0 Å². The van der Waals surface area contributed by atoms with E-state index >= 15 is 0 Å². The first-order valence-electron chi connectivity index (χ1n) is 6.68. The van der Waals surface area contributed by atoms with Crippen LogP contribution in [0.5, 0.6) is 5.75 Å². The molecule has 7 heteroatoms. The molecule has 0 radical (unpaired) electrons. The van der Waals surface area contributed by atoms with Crippen LogP contribution in [0.1, 0.15) is 31.0 Å². The van der Waals surface area contributed by atoms with Crippen molar-refractivity contribution in [1.29, 1.82) is 10.5 Å². The Hall–Kier alpha value is -2.77. The highest BCUT2D eigenvalue weighted by Gasteiger charge is 2.45. The molecular weight excluding hydrogens is 282 g/mol. The minimum absolute atomic E-state index is 0.0161. The first kappa shape index (κ1) is 15.6. The highest BCUT2D eigenvalue weighted by Crippen LogP contribution is 2.42. The molecule has 1 aromatic rings. The van der Waals surface area contributed by atoms with Crippen LogP contribution < -0.4 is 10.5 Å². The van der Waals surface area contributed by atoms with E-state index < -0.39 is 17.7 Å². The topological polar surface area (TPSA) is 119 Å². The fraction of sp³-hybridized carbons (Fsp3) is 0.400. The van der Waals surface area contributed by atoms with Crippen LogP contribution in [0.4, 0.5) is 0 Å². The first-order valence-corrected chi connectivity index (χ1v) is 6.68. The Balaban J connectivity index is 2.59. The smallest absolute Gasteiger partial charge is 0.209 e. The maximum atomic E-state index is 10.7. The summed E-state index contributed by atoms with van der Waals surface area (Å²) in [5.74, 6) is 0.550. The third kappa shape index (κ3) is 2.54. The van der Waals surface area contributed by atoms with Gasteiger partial charge in [0.05, 0.1) is 17.7 Å². The van der Waals surface area contributed by atoms with Crippen LogP contribution >= 0.6 is 0 Å². The lowest BCUT2D eigenvalue weighted by atomic mass is 9.85. The summed E-state index contributed by atoms with van der Waals surface area (Å²) in [6.07, 6.45) is 0.701. The van der Waals surface area contributed by atoms with Crippen molar-refractivity contribution >= 4 is 5.96 Å². The van der Waals surface area contributed by atoms with Crippen molar-refractivity contribution in [2.45, 2.75) is 31.6 Å². The molecule has 7 nitrogen and oxygen atoms in total. The number of fused-ring (bicyclic) bond motifs is 1. The van der Waals surface area contributed by atoms with Gasteiger partial charge in [0.25, 0.3) is 0 Å². The lowest BCUT2D eigenvalue weighted by molar-refractivity contribution is -0.0786. The Morgan fingerprint density at radius 1 is 1.45 bits per heavy atom. The summed E-state index contributed by atoms with van der Waals surface area (Å²) in [6, 6.07) is 6.47. The van der Waals surface area contributed by atoms with Gasteiger partial charge in [0.15, 0.2) is 0 Å². The molecule has 0 aliphatic carbocycles. The Bertz CT molecular complexity index is 699.